The van der Waals surface area contributed by atoms with Crippen molar-refractivity contribution in [2.75, 3.05) is 27.3 Å². The monoisotopic (exact) mass is 913 g/mol. The Morgan fingerprint density at radius 3 is 1.57 bits per heavy atom. The standard InChI is InChI=1S/C53H68N8O6/c1-66-51(64)58-45(35-13-5-3-6-14-35)49(62)60-27-11-17-43(60)47-54-31-41(56-47)34-21-19-33(20-22-34)37-23-24-38(40-30-53(29-39(37)40)25-9-10-26-53)42-32-55-48(57-42)44-18-12-28-61(44)50(63)46(59-52(65)67-2)36-15-7-4-8-16-36/h19-24,31-32,35-36,43-46H,3-18,25-30H2,1-2H3,(H,54,56)(H,55,57)(H,58,64)(H,59,65). The number of likely N-dealkylation sites (tertiary alicyclic amines) is 2. The van der Waals surface area contributed by atoms with Gasteiger partial charge in [-0.1, -0.05) is 87.8 Å². The highest BCUT2D eigenvalue weighted by atomic mass is 16.5. The number of aromatic nitrogens is 4. The molecule has 2 aromatic heterocycles. The second-order valence-corrected chi connectivity index (χ2v) is 20.5. The predicted molar refractivity (Wildman–Crippen MR) is 255 cm³/mol. The van der Waals surface area contributed by atoms with Gasteiger partial charge < -0.3 is 39.9 Å². The topological polar surface area (TPSA) is 175 Å². The van der Waals surface area contributed by atoms with Crippen LogP contribution in [-0.4, -0.2) is 93.1 Å². The second kappa shape index (κ2) is 19.5. The van der Waals surface area contributed by atoms with Crippen LogP contribution in [0.3, 0.4) is 0 Å². The minimum absolute atomic E-state index is 0.0355. The molecular weight excluding hydrogens is 845 g/mol. The quantitative estimate of drug-likeness (QED) is 0.115. The number of hydrogen-bond acceptors (Lipinski definition) is 8. The van der Waals surface area contributed by atoms with Crippen LogP contribution in [0, 0.1) is 17.3 Å². The van der Waals surface area contributed by atoms with E-state index < -0.39 is 24.3 Å². The molecule has 2 aliphatic heterocycles. The van der Waals surface area contributed by atoms with Crippen molar-refractivity contribution in [1.29, 1.82) is 0 Å². The van der Waals surface area contributed by atoms with E-state index >= 15 is 0 Å². The number of amides is 4. The Morgan fingerprint density at radius 1 is 0.582 bits per heavy atom. The first-order valence-corrected chi connectivity index (χ1v) is 25.4. The fourth-order valence-corrected chi connectivity index (χ4v) is 13.1. The van der Waals surface area contributed by atoms with E-state index in [2.05, 4.69) is 57.0 Å². The first-order chi connectivity index (χ1) is 32.7. The van der Waals surface area contributed by atoms with E-state index in [0.717, 1.165) is 131 Å². The van der Waals surface area contributed by atoms with E-state index in [-0.39, 0.29) is 41.1 Å². The normalized spacial score (nSPS) is 22.7. The van der Waals surface area contributed by atoms with Crippen LogP contribution in [-0.2, 0) is 31.9 Å². The van der Waals surface area contributed by atoms with Crippen LogP contribution in [0.15, 0.2) is 48.8 Å². The number of imidazole rings is 2. The van der Waals surface area contributed by atoms with Gasteiger partial charge in [0.15, 0.2) is 0 Å². The summed E-state index contributed by atoms with van der Waals surface area (Å²) >= 11 is 0. The van der Waals surface area contributed by atoms with Gasteiger partial charge in [0.2, 0.25) is 11.8 Å². The maximum atomic E-state index is 14.3. The molecular formula is C53H68N8O6. The number of carbonyl (C=O) groups is 4. The fraction of sp³-hybridized carbons (Fsp3) is 0.585. The summed E-state index contributed by atoms with van der Waals surface area (Å²) in [7, 11) is 2.70. The molecule has 10 rings (SSSR count). The van der Waals surface area contributed by atoms with Crippen molar-refractivity contribution < 1.29 is 28.7 Å². The molecule has 356 valence electrons. The highest BCUT2D eigenvalue weighted by molar-refractivity contribution is 5.87. The van der Waals surface area contributed by atoms with Crippen molar-refractivity contribution in [2.45, 2.75) is 153 Å². The van der Waals surface area contributed by atoms with E-state index in [9.17, 15) is 19.2 Å². The summed E-state index contributed by atoms with van der Waals surface area (Å²) in [6.45, 7) is 1.27. The number of aromatic amines is 2. The van der Waals surface area contributed by atoms with Gasteiger partial charge in [0.1, 0.15) is 23.7 Å². The Morgan fingerprint density at radius 2 is 1.04 bits per heavy atom. The second-order valence-electron chi connectivity index (χ2n) is 20.5. The number of methoxy groups -OCH3 is 2. The predicted octanol–water partition coefficient (Wildman–Crippen LogP) is 9.73. The van der Waals surface area contributed by atoms with Crippen molar-refractivity contribution in [2.24, 2.45) is 17.3 Å². The third kappa shape index (κ3) is 9.09. The number of alkyl carbamates (subject to hydrolysis) is 2. The molecule has 1 spiro atoms. The summed E-state index contributed by atoms with van der Waals surface area (Å²) in [5, 5.41) is 5.82. The van der Waals surface area contributed by atoms with Gasteiger partial charge in [0, 0.05) is 18.7 Å². The Bertz CT molecular complexity index is 2430. The van der Waals surface area contributed by atoms with Gasteiger partial charge in [-0.3, -0.25) is 9.59 Å². The van der Waals surface area contributed by atoms with Gasteiger partial charge in [0.25, 0.3) is 0 Å². The molecule has 5 fully saturated rings. The molecule has 3 saturated carbocycles. The lowest BCUT2D eigenvalue weighted by atomic mass is 9.82. The molecule has 4 unspecified atom stereocenters. The minimum Gasteiger partial charge on any atom is -0.453 e. The third-order valence-electron chi connectivity index (χ3n) is 16.6. The molecule has 67 heavy (non-hydrogen) atoms. The van der Waals surface area contributed by atoms with E-state index in [1.807, 2.05) is 22.2 Å². The Kier molecular flexibility index (Phi) is 13.1. The molecule has 4 heterocycles. The zero-order chi connectivity index (χ0) is 46.1. The van der Waals surface area contributed by atoms with Gasteiger partial charge in [-0.2, -0.15) is 0 Å². The maximum absolute atomic E-state index is 14.3. The van der Waals surface area contributed by atoms with Crippen molar-refractivity contribution >= 4 is 24.0 Å². The van der Waals surface area contributed by atoms with Gasteiger partial charge in [-0.05, 0) is 122 Å². The minimum atomic E-state index is -0.602. The van der Waals surface area contributed by atoms with Crippen LogP contribution < -0.4 is 10.6 Å². The molecule has 2 aromatic carbocycles. The summed E-state index contributed by atoms with van der Waals surface area (Å²) < 4.78 is 9.91. The van der Waals surface area contributed by atoms with Crippen LogP contribution in [0.2, 0.25) is 0 Å². The molecule has 4 amide bonds. The largest absolute Gasteiger partial charge is 0.453 e. The SMILES string of the molecule is COC(=O)NC(C(=O)N1CCCC1c1ncc(-c2ccc(-c3ccc(-c4cnc(C5CCCN5C(=O)C(NC(=O)OC)C5CCCCC5)[nH]4)c4c3CC3(CCCC3)C4)cc2)[nH]1)C1CCCCC1. The molecule has 14 nitrogen and oxygen atoms in total. The molecule has 14 heteroatoms. The third-order valence-corrected chi connectivity index (χ3v) is 16.6. The Hall–Kier alpha value is -5.66. The molecule has 4 atom stereocenters. The van der Waals surface area contributed by atoms with Gasteiger partial charge in [-0.15, -0.1) is 0 Å². The van der Waals surface area contributed by atoms with E-state index in [1.54, 1.807) is 0 Å². The molecule has 4 aromatic rings. The summed E-state index contributed by atoms with van der Waals surface area (Å²) in [5.41, 5.74) is 9.67. The summed E-state index contributed by atoms with van der Waals surface area (Å²) in [6, 6.07) is 11.8. The number of nitrogens with one attached hydrogen (secondary N) is 4. The summed E-state index contributed by atoms with van der Waals surface area (Å²) in [5.74, 6) is 1.69. The number of ether oxygens (including phenoxy) is 2. The van der Waals surface area contributed by atoms with Crippen LogP contribution in [0.25, 0.3) is 33.6 Å². The lowest BCUT2D eigenvalue weighted by Crippen LogP contribution is -2.52. The van der Waals surface area contributed by atoms with Gasteiger partial charge >= 0.3 is 12.2 Å². The van der Waals surface area contributed by atoms with Crippen molar-refractivity contribution in [3.8, 4) is 33.6 Å². The smallest absolute Gasteiger partial charge is 0.407 e. The lowest BCUT2D eigenvalue weighted by molar-refractivity contribution is -0.136. The zero-order valence-electron chi connectivity index (χ0n) is 39.4. The molecule has 2 saturated heterocycles. The highest BCUT2D eigenvalue weighted by Crippen LogP contribution is 2.53. The molecule has 0 bridgehead atoms. The molecule has 0 radical (unpaired) electrons. The first-order valence-electron chi connectivity index (χ1n) is 25.4. The zero-order valence-corrected chi connectivity index (χ0v) is 39.4. The van der Waals surface area contributed by atoms with Crippen molar-refractivity contribution in [3.63, 3.8) is 0 Å². The number of rotatable bonds is 11. The summed E-state index contributed by atoms with van der Waals surface area (Å²) in [4.78, 5) is 74.3. The number of H-pyrrole nitrogens is 2. The number of fused-ring (bicyclic) bond motifs is 1. The average Bonchev–Trinajstić information content (AvgIpc) is 4.24. The first kappa shape index (κ1) is 45.1. The van der Waals surface area contributed by atoms with E-state index in [0.29, 0.717) is 13.1 Å². The van der Waals surface area contributed by atoms with E-state index in [1.165, 1.54) is 67.7 Å². The maximum Gasteiger partial charge on any atom is 0.407 e. The van der Waals surface area contributed by atoms with Crippen LogP contribution >= 0.6 is 0 Å². The Balaban J connectivity index is 0.878. The fourth-order valence-electron chi connectivity index (χ4n) is 13.1. The number of nitrogens with zero attached hydrogens (tertiary/aromatic N) is 4. The number of carbonyl (C=O) groups excluding carboxylic acids is 4. The van der Waals surface area contributed by atoms with Crippen LogP contribution in [0.5, 0.6) is 0 Å². The van der Waals surface area contributed by atoms with Crippen LogP contribution in [0.1, 0.15) is 150 Å². The average molecular weight is 913 g/mol. The number of benzene rings is 2. The van der Waals surface area contributed by atoms with Gasteiger partial charge in [0.05, 0.1) is 50.1 Å². The molecule has 4 N–H and O–H groups in total. The van der Waals surface area contributed by atoms with Crippen molar-refractivity contribution in [3.05, 3.63) is 71.6 Å². The molecule has 4 aliphatic carbocycles. The lowest BCUT2D eigenvalue weighted by Gasteiger charge is -2.34. The number of hydrogen-bond donors (Lipinski definition) is 4. The highest BCUT2D eigenvalue weighted by Gasteiger charge is 2.44. The Labute approximate surface area is 394 Å². The van der Waals surface area contributed by atoms with Crippen molar-refractivity contribution in [1.82, 2.24) is 40.4 Å². The van der Waals surface area contributed by atoms with E-state index in [4.69, 9.17) is 19.4 Å². The van der Waals surface area contributed by atoms with Crippen LogP contribution in [0.4, 0.5) is 9.59 Å². The molecule has 6 aliphatic rings. The van der Waals surface area contributed by atoms with Gasteiger partial charge in [-0.25, -0.2) is 19.6 Å². The summed E-state index contributed by atoms with van der Waals surface area (Å²) in [6.07, 6.45) is 23.5.